The van der Waals surface area contributed by atoms with Gasteiger partial charge in [-0.25, -0.2) is 4.79 Å². The Kier molecular flexibility index (Phi) is 7.06. The molecule has 7 heteroatoms. The summed E-state index contributed by atoms with van der Waals surface area (Å²) in [6, 6.07) is 13.9. The molecule has 0 spiro atoms. The molecule has 0 bridgehead atoms. The molecule has 0 saturated heterocycles. The molecule has 6 nitrogen and oxygen atoms in total. The second-order valence-corrected chi connectivity index (χ2v) is 5.78. The van der Waals surface area contributed by atoms with E-state index < -0.39 is 18.3 Å². The molecular formula is C18H20ClNO5. The molecule has 134 valence electrons. The molecule has 0 heterocycles. The number of alkyl carbamates (subject to hydrolysis) is 1. The number of hydrogen-bond donors (Lipinski definition) is 3. The van der Waals surface area contributed by atoms with Gasteiger partial charge in [-0.05, 0) is 17.7 Å². The third kappa shape index (κ3) is 5.63. The standard InChI is InChI=1S/C18H20ClNO5/c1-24-16-9-13(19)7-8-14(16)17(22)15(21)10-20-18(23)25-11-12-5-3-2-4-6-12/h2-9,15,17,21-22H,10-11H2,1H3,(H,20,23). The SMILES string of the molecule is COc1cc(Cl)ccc1C(O)C(O)CNC(=O)OCc1ccccc1. The van der Waals surface area contributed by atoms with Crippen molar-refractivity contribution in [1.29, 1.82) is 0 Å². The van der Waals surface area contributed by atoms with Crippen LogP contribution in [-0.2, 0) is 11.3 Å². The van der Waals surface area contributed by atoms with Gasteiger partial charge in [-0.15, -0.1) is 0 Å². The molecule has 0 radical (unpaired) electrons. The van der Waals surface area contributed by atoms with Crippen LogP contribution in [-0.4, -0.2) is 36.1 Å². The van der Waals surface area contributed by atoms with Gasteiger partial charge >= 0.3 is 6.09 Å². The highest BCUT2D eigenvalue weighted by Crippen LogP contribution is 2.29. The van der Waals surface area contributed by atoms with Crippen molar-refractivity contribution in [3.63, 3.8) is 0 Å². The van der Waals surface area contributed by atoms with Crippen LogP contribution in [0.25, 0.3) is 0 Å². The predicted molar refractivity (Wildman–Crippen MR) is 93.6 cm³/mol. The minimum absolute atomic E-state index is 0.121. The van der Waals surface area contributed by atoms with Gasteiger partial charge in [-0.1, -0.05) is 48.0 Å². The van der Waals surface area contributed by atoms with Crippen molar-refractivity contribution in [2.45, 2.75) is 18.8 Å². The van der Waals surface area contributed by atoms with Crippen LogP contribution in [0.15, 0.2) is 48.5 Å². The van der Waals surface area contributed by atoms with Crippen LogP contribution in [0.1, 0.15) is 17.2 Å². The molecule has 0 fully saturated rings. The summed E-state index contributed by atoms with van der Waals surface area (Å²) in [6.45, 7) is -0.0586. The van der Waals surface area contributed by atoms with Gasteiger partial charge in [0.2, 0.25) is 0 Å². The van der Waals surface area contributed by atoms with E-state index in [9.17, 15) is 15.0 Å². The molecule has 2 unspecified atom stereocenters. The molecule has 3 N–H and O–H groups in total. The minimum Gasteiger partial charge on any atom is -0.496 e. The lowest BCUT2D eigenvalue weighted by Gasteiger charge is -2.20. The number of nitrogens with one attached hydrogen (secondary N) is 1. The minimum atomic E-state index is -1.25. The highest BCUT2D eigenvalue weighted by atomic mass is 35.5. The fraction of sp³-hybridized carbons (Fsp3) is 0.278. The Morgan fingerprint density at radius 1 is 1.20 bits per heavy atom. The smallest absolute Gasteiger partial charge is 0.407 e. The third-order valence-corrected chi connectivity index (χ3v) is 3.78. The number of methoxy groups -OCH3 is 1. The average Bonchev–Trinajstić information content (AvgIpc) is 2.64. The second-order valence-electron chi connectivity index (χ2n) is 5.34. The molecule has 1 amide bonds. The summed E-state index contributed by atoms with van der Waals surface area (Å²) < 4.78 is 10.2. The quantitative estimate of drug-likeness (QED) is 0.702. The molecule has 0 aliphatic heterocycles. The topological polar surface area (TPSA) is 88.0 Å². The summed E-state index contributed by atoms with van der Waals surface area (Å²) in [6.07, 6.45) is -3.17. The van der Waals surface area contributed by atoms with E-state index in [2.05, 4.69) is 5.32 Å². The van der Waals surface area contributed by atoms with Gasteiger partial charge < -0.3 is 25.0 Å². The number of carbonyl (C=O) groups excluding carboxylic acids is 1. The van der Waals surface area contributed by atoms with Crippen LogP contribution in [0.5, 0.6) is 5.75 Å². The molecule has 0 aliphatic carbocycles. The first-order chi connectivity index (χ1) is 12.0. The molecule has 0 saturated carbocycles. The van der Waals surface area contributed by atoms with Gasteiger partial charge in [0.15, 0.2) is 0 Å². The largest absolute Gasteiger partial charge is 0.496 e. The monoisotopic (exact) mass is 365 g/mol. The van der Waals surface area contributed by atoms with Crippen LogP contribution in [0.2, 0.25) is 5.02 Å². The number of amides is 1. The Hall–Kier alpha value is -2.28. The number of ether oxygens (including phenoxy) is 2. The Morgan fingerprint density at radius 3 is 2.60 bits per heavy atom. The Labute approximate surface area is 151 Å². The summed E-state index contributed by atoms with van der Waals surface area (Å²) in [4.78, 5) is 11.7. The van der Waals surface area contributed by atoms with Crippen molar-refractivity contribution in [3.8, 4) is 5.75 Å². The van der Waals surface area contributed by atoms with Gasteiger partial charge in [0.25, 0.3) is 0 Å². The first-order valence-electron chi connectivity index (χ1n) is 7.65. The van der Waals surface area contributed by atoms with Gasteiger partial charge in [0, 0.05) is 17.1 Å². The van der Waals surface area contributed by atoms with E-state index in [4.69, 9.17) is 21.1 Å². The van der Waals surface area contributed by atoms with Crippen molar-refractivity contribution < 1.29 is 24.5 Å². The Balaban J connectivity index is 1.84. The van der Waals surface area contributed by atoms with Gasteiger partial charge in [-0.3, -0.25) is 0 Å². The van der Waals surface area contributed by atoms with Crippen molar-refractivity contribution in [1.82, 2.24) is 5.32 Å². The lowest BCUT2D eigenvalue weighted by molar-refractivity contribution is 0.0171. The highest BCUT2D eigenvalue weighted by Gasteiger charge is 2.22. The summed E-state index contributed by atoms with van der Waals surface area (Å²) in [5.41, 5.74) is 1.22. The van der Waals surface area contributed by atoms with E-state index in [-0.39, 0.29) is 13.2 Å². The number of rotatable bonds is 7. The van der Waals surface area contributed by atoms with Gasteiger partial charge in [0.1, 0.15) is 24.6 Å². The normalized spacial score (nSPS) is 13.0. The molecule has 0 aliphatic rings. The number of benzene rings is 2. The van der Waals surface area contributed by atoms with Gasteiger partial charge in [-0.2, -0.15) is 0 Å². The fourth-order valence-electron chi connectivity index (χ4n) is 2.21. The lowest BCUT2D eigenvalue weighted by Crippen LogP contribution is -2.35. The lowest BCUT2D eigenvalue weighted by atomic mass is 10.0. The number of aliphatic hydroxyl groups is 2. The second kappa shape index (κ2) is 9.27. The zero-order valence-corrected chi connectivity index (χ0v) is 14.4. The third-order valence-electron chi connectivity index (χ3n) is 3.55. The van der Waals surface area contributed by atoms with Crippen molar-refractivity contribution >= 4 is 17.7 Å². The summed E-state index contributed by atoms with van der Waals surface area (Å²) in [7, 11) is 1.44. The number of aliphatic hydroxyl groups excluding tert-OH is 2. The molecular weight excluding hydrogens is 346 g/mol. The zero-order valence-electron chi connectivity index (χ0n) is 13.7. The van der Waals surface area contributed by atoms with Crippen LogP contribution in [0.3, 0.4) is 0 Å². The van der Waals surface area contributed by atoms with Crippen LogP contribution >= 0.6 is 11.6 Å². The maximum absolute atomic E-state index is 11.7. The van der Waals surface area contributed by atoms with E-state index in [1.807, 2.05) is 30.3 Å². The van der Waals surface area contributed by atoms with Crippen molar-refractivity contribution in [2.75, 3.05) is 13.7 Å². The van der Waals surface area contributed by atoms with E-state index >= 15 is 0 Å². The van der Waals surface area contributed by atoms with Crippen LogP contribution in [0.4, 0.5) is 4.79 Å². The van der Waals surface area contributed by atoms with Crippen molar-refractivity contribution in [3.05, 3.63) is 64.7 Å². The number of carbonyl (C=O) groups is 1. The summed E-state index contributed by atoms with van der Waals surface area (Å²) >= 11 is 5.87. The molecule has 2 atom stereocenters. The molecule has 0 aromatic heterocycles. The Morgan fingerprint density at radius 2 is 1.92 bits per heavy atom. The van der Waals surface area contributed by atoms with E-state index in [0.29, 0.717) is 16.3 Å². The number of halogens is 1. The van der Waals surface area contributed by atoms with E-state index in [0.717, 1.165) is 5.56 Å². The van der Waals surface area contributed by atoms with Crippen LogP contribution in [0, 0.1) is 0 Å². The highest BCUT2D eigenvalue weighted by molar-refractivity contribution is 6.30. The fourth-order valence-corrected chi connectivity index (χ4v) is 2.37. The summed E-state index contributed by atoms with van der Waals surface area (Å²) in [5, 5.41) is 23.2. The van der Waals surface area contributed by atoms with E-state index in [1.54, 1.807) is 12.1 Å². The predicted octanol–water partition coefficient (Wildman–Crippen LogP) is 2.67. The maximum atomic E-state index is 11.7. The molecule has 2 aromatic rings. The molecule has 2 aromatic carbocycles. The zero-order chi connectivity index (χ0) is 18.2. The molecule has 25 heavy (non-hydrogen) atoms. The van der Waals surface area contributed by atoms with Crippen molar-refractivity contribution in [2.24, 2.45) is 0 Å². The first kappa shape index (κ1) is 19.1. The molecule has 2 rings (SSSR count). The summed E-state index contributed by atoms with van der Waals surface area (Å²) in [5.74, 6) is 0.353. The average molecular weight is 366 g/mol. The first-order valence-corrected chi connectivity index (χ1v) is 8.03. The maximum Gasteiger partial charge on any atom is 0.407 e. The van der Waals surface area contributed by atoms with Gasteiger partial charge in [0.05, 0.1) is 7.11 Å². The Bertz CT molecular complexity index is 695. The van der Waals surface area contributed by atoms with Crippen LogP contribution < -0.4 is 10.1 Å². The van der Waals surface area contributed by atoms with E-state index in [1.165, 1.54) is 13.2 Å². The number of hydrogen-bond acceptors (Lipinski definition) is 5.